The fourth-order valence-electron chi connectivity index (χ4n) is 6.99. The summed E-state index contributed by atoms with van der Waals surface area (Å²) in [5.41, 5.74) is -1.66. The summed E-state index contributed by atoms with van der Waals surface area (Å²) in [5, 5.41) is 10.5. The number of hydrogen-bond donors (Lipinski definition) is 4. The lowest BCUT2D eigenvalue weighted by Crippen LogP contribution is -2.66. The standard InChI is InChI=1S/C34H57N5O7S/c1-7-19-35-30(42)27(40)25(22-24-15-16-24)36-29(41)23(3)39(20-8-2)31(43)28(33(4,5)6)37-32(44)38-34(17-11-9-12-18-34)26-14-10-13-21-47(26,45)46/h7,23-26,28H,1,8-22H2,2-6H3,(H,35,42)(H,36,41)(H2,37,38,44)/t23-,25-,26+,28+/m0/s1. The minimum atomic E-state index is -3.39. The molecule has 0 aromatic heterocycles. The van der Waals surface area contributed by atoms with E-state index in [1.807, 2.05) is 27.7 Å². The van der Waals surface area contributed by atoms with E-state index in [1.54, 1.807) is 6.92 Å². The van der Waals surface area contributed by atoms with E-state index in [1.165, 1.54) is 11.0 Å². The third kappa shape index (κ3) is 10.3. The van der Waals surface area contributed by atoms with Crippen molar-refractivity contribution in [2.75, 3.05) is 18.8 Å². The van der Waals surface area contributed by atoms with Crippen LogP contribution in [0.25, 0.3) is 0 Å². The first-order valence-electron chi connectivity index (χ1n) is 17.4. The molecule has 47 heavy (non-hydrogen) atoms. The molecule has 0 radical (unpaired) electrons. The number of Topliss-reactive ketones (excluding diaryl/α,β-unsaturated/α-hetero) is 1. The van der Waals surface area contributed by atoms with Gasteiger partial charge >= 0.3 is 6.03 Å². The Morgan fingerprint density at radius 2 is 1.64 bits per heavy atom. The Balaban J connectivity index is 1.80. The van der Waals surface area contributed by atoms with Crippen LogP contribution in [-0.2, 0) is 29.0 Å². The monoisotopic (exact) mass is 679 g/mol. The zero-order chi connectivity index (χ0) is 35.0. The fraction of sp³-hybridized carbons (Fsp3) is 0.794. The van der Waals surface area contributed by atoms with Crippen LogP contribution in [0.5, 0.6) is 0 Å². The Labute approximate surface area is 280 Å². The molecule has 0 aromatic rings. The summed E-state index contributed by atoms with van der Waals surface area (Å²) in [4.78, 5) is 68.4. The SMILES string of the molecule is C=CCNC(=O)C(=O)[C@H](CC1CC1)NC(=O)[C@H](C)N(CCC)C(=O)[C@@H](NC(=O)NC1([C@H]2CCCCS2(=O)=O)CCCCC1)C(C)(C)C. The van der Waals surface area contributed by atoms with E-state index in [-0.39, 0.29) is 24.8 Å². The molecule has 1 heterocycles. The first-order valence-corrected chi connectivity index (χ1v) is 19.1. The van der Waals surface area contributed by atoms with E-state index in [4.69, 9.17) is 0 Å². The molecule has 13 heteroatoms. The molecule has 3 aliphatic rings. The number of nitrogens with one attached hydrogen (secondary N) is 4. The first-order chi connectivity index (χ1) is 22.1. The maximum absolute atomic E-state index is 14.2. The molecule has 12 nitrogen and oxygen atoms in total. The molecule has 0 aromatic carbocycles. The molecule has 0 bridgehead atoms. The molecule has 0 spiro atoms. The van der Waals surface area contributed by atoms with Gasteiger partial charge in [-0.1, -0.05) is 72.3 Å². The maximum Gasteiger partial charge on any atom is 0.315 e. The van der Waals surface area contributed by atoms with E-state index in [0.29, 0.717) is 38.5 Å². The highest BCUT2D eigenvalue weighted by Gasteiger charge is 2.49. The lowest BCUT2D eigenvalue weighted by atomic mass is 9.77. The van der Waals surface area contributed by atoms with Gasteiger partial charge in [0, 0.05) is 13.1 Å². The molecular formula is C34H57N5O7S. The van der Waals surface area contributed by atoms with Crippen LogP contribution in [0, 0.1) is 11.3 Å². The maximum atomic E-state index is 14.2. The van der Waals surface area contributed by atoms with Crippen molar-refractivity contribution in [3.8, 4) is 0 Å². The van der Waals surface area contributed by atoms with E-state index < -0.39 is 73.7 Å². The van der Waals surface area contributed by atoms with Gasteiger partial charge in [-0.25, -0.2) is 13.2 Å². The number of ketones is 1. The van der Waals surface area contributed by atoms with Crippen LogP contribution in [0.2, 0.25) is 0 Å². The lowest BCUT2D eigenvalue weighted by molar-refractivity contribution is -0.145. The molecule has 2 saturated carbocycles. The number of carbonyl (C=O) groups is 5. The molecular weight excluding hydrogens is 622 g/mol. The molecule has 1 saturated heterocycles. The quantitative estimate of drug-likeness (QED) is 0.152. The minimum absolute atomic E-state index is 0.115. The zero-order valence-electron chi connectivity index (χ0n) is 29.0. The summed E-state index contributed by atoms with van der Waals surface area (Å²) >= 11 is 0. The Kier molecular flexibility index (Phi) is 13.5. The van der Waals surface area contributed by atoms with Gasteiger partial charge in [-0.2, -0.15) is 0 Å². The number of urea groups is 1. The van der Waals surface area contributed by atoms with Gasteiger partial charge in [-0.05, 0) is 56.8 Å². The number of nitrogens with zero attached hydrogens (tertiary/aromatic N) is 1. The van der Waals surface area contributed by atoms with E-state index in [0.717, 1.165) is 38.5 Å². The van der Waals surface area contributed by atoms with Crippen LogP contribution in [0.15, 0.2) is 12.7 Å². The molecule has 0 unspecified atom stereocenters. The van der Waals surface area contributed by atoms with Crippen molar-refractivity contribution in [2.45, 2.75) is 141 Å². The third-order valence-electron chi connectivity index (χ3n) is 9.82. The van der Waals surface area contributed by atoms with Gasteiger partial charge in [0.05, 0.1) is 22.6 Å². The second-order valence-corrected chi connectivity index (χ2v) is 17.1. The van der Waals surface area contributed by atoms with Crippen molar-refractivity contribution in [1.29, 1.82) is 0 Å². The van der Waals surface area contributed by atoms with E-state index in [9.17, 15) is 32.4 Å². The topological polar surface area (TPSA) is 171 Å². The van der Waals surface area contributed by atoms with Gasteiger partial charge in [0.15, 0.2) is 9.84 Å². The van der Waals surface area contributed by atoms with Crippen molar-refractivity contribution < 1.29 is 32.4 Å². The van der Waals surface area contributed by atoms with E-state index in [2.05, 4.69) is 27.8 Å². The summed E-state index contributed by atoms with van der Waals surface area (Å²) < 4.78 is 26.4. The molecule has 2 aliphatic carbocycles. The Bertz CT molecular complexity index is 1270. The average molecular weight is 680 g/mol. The van der Waals surface area contributed by atoms with E-state index >= 15 is 0 Å². The van der Waals surface area contributed by atoms with Gasteiger partial charge in [0.1, 0.15) is 12.1 Å². The van der Waals surface area contributed by atoms with Crippen LogP contribution in [0.4, 0.5) is 4.79 Å². The van der Waals surface area contributed by atoms with Crippen molar-refractivity contribution in [1.82, 2.24) is 26.2 Å². The predicted octanol–water partition coefficient (Wildman–Crippen LogP) is 3.15. The van der Waals surface area contributed by atoms with Gasteiger partial charge in [0.2, 0.25) is 17.6 Å². The van der Waals surface area contributed by atoms with Crippen LogP contribution < -0.4 is 21.3 Å². The minimum Gasteiger partial charge on any atom is -0.346 e. The number of rotatable bonds is 15. The van der Waals surface area contributed by atoms with Crippen LogP contribution in [0.3, 0.4) is 0 Å². The second kappa shape index (κ2) is 16.4. The van der Waals surface area contributed by atoms with Gasteiger partial charge in [-0.3, -0.25) is 19.2 Å². The highest BCUT2D eigenvalue weighted by molar-refractivity contribution is 7.92. The molecule has 4 atom stereocenters. The summed E-state index contributed by atoms with van der Waals surface area (Å²) in [7, 11) is -3.39. The summed E-state index contributed by atoms with van der Waals surface area (Å²) in [5.74, 6) is -2.22. The van der Waals surface area contributed by atoms with Crippen molar-refractivity contribution in [3.63, 3.8) is 0 Å². The fourth-order valence-corrected chi connectivity index (χ4v) is 9.39. The molecule has 3 rings (SSSR count). The zero-order valence-corrected chi connectivity index (χ0v) is 29.8. The van der Waals surface area contributed by atoms with Crippen LogP contribution >= 0.6 is 0 Å². The Hall–Kier alpha value is -2.96. The number of carbonyl (C=O) groups excluding carboxylic acids is 5. The molecule has 266 valence electrons. The third-order valence-corrected chi connectivity index (χ3v) is 12.2. The molecule has 1 aliphatic heterocycles. The van der Waals surface area contributed by atoms with Crippen molar-refractivity contribution in [3.05, 3.63) is 12.7 Å². The number of hydrogen-bond acceptors (Lipinski definition) is 7. The second-order valence-electron chi connectivity index (χ2n) is 14.8. The summed E-state index contributed by atoms with van der Waals surface area (Å²) in [6.45, 7) is 12.8. The Morgan fingerprint density at radius 3 is 2.19 bits per heavy atom. The molecule has 5 amide bonds. The van der Waals surface area contributed by atoms with Gasteiger partial charge in [-0.15, -0.1) is 6.58 Å². The first kappa shape index (κ1) is 38.5. The van der Waals surface area contributed by atoms with Crippen molar-refractivity contribution >= 4 is 39.4 Å². The average Bonchev–Trinajstić information content (AvgIpc) is 3.83. The summed E-state index contributed by atoms with van der Waals surface area (Å²) in [6.07, 6.45) is 9.79. The highest BCUT2D eigenvalue weighted by Crippen LogP contribution is 2.39. The smallest absolute Gasteiger partial charge is 0.315 e. The predicted molar refractivity (Wildman–Crippen MR) is 181 cm³/mol. The van der Waals surface area contributed by atoms with Gasteiger partial charge in [0.25, 0.3) is 5.91 Å². The van der Waals surface area contributed by atoms with Crippen LogP contribution in [-0.4, -0.2) is 90.6 Å². The largest absolute Gasteiger partial charge is 0.346 e. The number of amides is 5. The normalized spacial score (nSPS) is 22.4. The lowest BCUT2D eigenvalue weighted by Gasteiger charge is -2.45. The molecule has 4 N–H and O–H groups in total. The molecule has 3 fully saturated rings. The summed E-state index contributed by atoms with van der Waals surface area (Å²) in [6, 6.07) is -3.66. The highest BCUT2D eigenvalue weighted by atomic mass is 32.2. The van der Waals surface area contributed by atoms with Crippen molar-refractivity contribution in [2.24, 2.45) is 11.3 Å². The Morgan fingerprint density at radius 1 is 0.979 bits per heavy atom. The van der Waals surface area contributed by atoms with Crippen LogP contribution in [0.1, 0.15) is 112 Å². The van der Waals surface area contributed by atoms with Gasteiger partial charge < -0.3 is 26.2 Å². The number of sulfone groups is 1.